The van der Waals surface area contributed by atoms with E-state index in [0.717, 1.165) is 0 Å². The Bertz CT molecular complexity index is 569. The highest BCUT2D eigenvalue weighted by Gasteiger charge is 2.43. The maximum Gasteiger partial charge on any atom is 0.173 e. The minimum Gasteiger partial charge on any atom is -0.0620 e. The van der Waals surface area contributed by atoms with Gasteiger partial charge in [-0.25, -0.2) is 0 Å². The number of hydrogen-bond acceptors (Lipinski definition) is 0. The van der Waals surface area contributed by atoms with Gasteiger partial charge < -0.3 is 0 Å². The van der Waals surface area contributed by atoms with Crippen molar-refractivity contribution in [3.05, 3.63) is 91.0 Å². The fraction of sp³-hybridized carbons (Fsp3) is 0. The lowest BCUT2D eigenvalue weighted by atomic mass is 10.4. The fourth-order valence-corrected chi connectivity index (χ4v) is 7.89. The predicted octanol–water partition coefficient (Wildman–Crippen LogP) is 4.33. The SMILES string of the molecule is I[P+](c1ccccc1)(c1ccccc1)c1ccccc1. The van der Waals surface area contributed by atoms with E-state index < -0.39 is 4.90 Å². The molecule has 0 aliphatic heterocycles. The van der Waals surface area contributed by atoms with Gasteiger partial charge in [-0.05, 0) is 36.4 Å². The quantitative estimate of drug-likeness (QED) is 0.462. The number of hydrogen-bond donors (Lipinski definition) is 0. The van der Waals surface area contributed by atoms with Crippen LogP contribution in [0.3, 0.4) is 0 Å². The molecule has 0 amide bonds. The molecule has 0 atom stereocenters. The highest BCUT2D eigenvalue weighted by Crippen LogP contribution is 2.63. The molecule has 0 aliphatic rings. The van der Waals surface area contributed by atoms with E-state index in [9.17, 15) is 0 Å². The summed E-state index contributed by atoms with van der Waals surface area (Å²) in [6.45, 7) is 0. The molecule has 0 nitrogen and oxygen atoms in total. The van der Waals surface area contributed by atoms with Crippen molar-refractivity contribution in [3.8, 4) is 0 Å². The van der Waals surface area contributed by atoms with E-state index in [1.54, 1.807) is 0 Å². The van der Waals surface area contributed by atoms with Gasteiger partial charge in [0.1, 0.15) is 15.9 Å². The molecule has 3 aromatic rings. The zero-order valence-corrected chi connectivity index (χ0v) is 14.0. The number of benzene rings is 3. The van der Waals surface area contributed by atoms with Gasteiger partial charge in [0.05, 0.1) is 0 Å². The van der Waals surface area contributed by atoms with Gasteiger partial charge in [-0.3, -0.25) is 0 Å². The summed E-state index contributed by atoms with van der Waals surface area (Å²) >= 11 is 2.68. The second kappa shape index (κ2) is 6.07. The van der Waals surface area contributed by atoms with Crippen LogP contribution in [0, 0.1) is 0 Å². The maximum atomic E-state index is 2.68. The lowest BCUT2D eigenvalue weighted by Gasteiger charge is -2.19. The third-order valence-electron chi connectivity index (χ3n) is 3.34. The molecule has 0 aliphatic carbocycles. The van der Waals surface area contributed by atoms with Crippen LogP contribution < -0.4 is 15.9 Å². The summed E-state index contributed by atoms with van der Waals surface area (Å²) < 4.78 is 0. The Morgan fingerprint density at radius 1 is 0.450 bits per heavy atom. The van der Waals surface area contributed by atoms with Crippen molar-refractivity contribution >= 4 is 42.9 Å². The normalized spacial score (nSPS) is 11.2. The van der Waals surface area contributed by atoms with Crippen LogP contribution in [0.4, 0.5) is 0 Å². The number of rotatable bonds is 3. The first kappa shape index (κ1) is 13.8. The molecule has 2 heteroatoms. The average molecular weight is 389 g/mol. The monoisotopic (exact) mass is 389 g/mol. The van der Waals surface area contributed by atoms with Crippen LogP contribution in [-0.4, -0.2) is 0 Å². The molecule has 98 valence electrons. The molecule has 0 saturated carbocycles. The molecular weight excluding hydrogens is 374 g/mol. The molecule has 0 heterocycles. The van der Waals surface area contributed by atoms with Gasteiger partial charge in [0.15, 0.2) is 26.9 Å². The van der Waals surface area contributed by atoms with Gasteiger partial charge in [0.25, 0.3) is 0 Å². The summed E-state index contributed by atoms with van der Waals surface area (Å²) in [4.78, 5) is -1.56. The van der Waals surface area contributed by atoms with Gasteiger partial charge in [-0.15, -0.1) is 0 Å². The van der Waals surface area contributed by atoms with Crippen molar-refractivity contribution in [2.24, 2.45) is 0 Å². The molecule has 0 N–H and O–H groups in total. The smallest absolute Gasteiger partial charge is 0.0620 e. The molecule has 0 spiro atoms. The van der Waals surface area contributed by atoms with E-state index in [1.807, 2.05) is 0 Å². The number of halogens is 1. The Morgan fingerprint density at radius 2 is 0.700 bits per heavy atom. The third kappa shape index (κ3) is 2.53. The van der Waals surface area contributed by atoms with E-state index in [4.69, 9.17) is 0 Å². The molecule has 3 rings (SSSR count). The van der Waals surface area contributed by atoms with E-state index in [2.05, 4.69) is 113 Å². The first-order valence-corrected chi connectivity index (χ1v) is 11.1. The van der Waals surface area contributed by atoms with E-state index >= 15 is 0 Å². The van der Waals surface area contributed by atoms with Crippen molar-refractivity contribution in [1.82, 2.24) is 0 Å². The molecule has 0 saturated heterocycles. The first-order chi connectivity index (χ1) is 9.82. The van der Waals surface area contributed by atoms with E-state index in [0.29, 0.717) is 0 Å². The minimum atomic E-state index is -1.56. The Labute approximate surface area is 133 Å². The summed E-state index contributed by atoms with van der Waals surface area (Å²) in [5.74, 6) is 0. The average Bonchev–Trinajstić information content (AvgIpc) is 2.56. The zero-order chi connectivity index (χ0) is 13.8. The van der Waals surface area contributed by atoms with Crippen molar-refractivity contribution in [1.29, 1.82) is 0 Å². The zero-order valence-electron chi connectivity index (χ0n) is 11.0. The van der Waals surface area contributed by atoms with Crippen LogP contribution in [0.5, 0.6) is 0 Å². The van der Waals surface area contributed by atoms with Gasteiger partial charge in [-0.1, -0.05) is 54.6 Å². The molecular formula is C18H15IP+. The van der Waals surface area contributed by atoms with Crippen molar-refractivity contribution in [3.63, 3.8) is 0 Å². The highest BCUT2D eigenvalue weighted by atomic mass is 127. The molecule has 0 unspecified atom stereocenters. The largest absolute Gasteiger partial charge is 0.173 e. The molecule has 0 radical (unpaired) electrons. The minimum absolute atomic E-state index is 1.41. The second-order valence-corrected chi connectivity index (χ2v) is 11.7. The summed E-state index contributed by atoms with van der Waals surface area (Å²) in [5, 5.41) is 4.24. The summed E-state index contributed by atoms with van der Waals surface area (Å²) in [5.41, 5.74) is 0. The van der Waals surface area contributed by atoms with Gasteiger partial charge in [0, 0.05) is 0 Å². The Balaban J connectivity index is 2.24. The third-order valence-corrected chi connectivity index (χ3v) is 11.4. The second-order valence-electron chi connectivity index (χ2n) is 4.60. The molecule has 3 aromatic carbocycles. The molecule has 0 bridgehead atoms. The van der Waals surface area contributed by atoms with Crippen LogP contribution in [-0.2, 0) is 0 Å². The summed E-state index contributed by atoms with van der Waals surface area (Å²) in [6.07, 6.45) is 0. The highest BCUT2D eigenvalue weighted by molar-refractivity contribution is 14.2. The Morgan fingerprint density at radius 3 is 0.950 bits per heavy atom. The van der Waals surface area contributed by atoms with Crippen LogP contribution in [0.15, 0.2) is 91.0 Å². The van der Waals surface area contributed by atoms with Gasteiger partial charge in [0.2, 0.25) is 0 Å². The fourth-order valence-electron chi connectivity index (χ4n) is 2.35. The van der Waals surface area contributed by atoms with Gasteiger partial charge >= 0.3 is 0 Å². The van der Waals surface area contributed by atoms with Crippen LogP contribution in [0.2, 0.25) is 0 Å². The van der Waals surface area contributed by atoms with E-state index in [-0.39, 0.29) is 0 Å². The lowest BCUT2D eigenvalue weighted by Crippen LogP contribution is -2.26. The van der Waals surface area contributed by atoms with Gasteiger partial charge in [-0.2, -0.15) is 0 Å². The Kier molecular flexibility index (Phi) is 4.18. The summed E-state index contributed by atoms with van der Waals surface area (Å²) in [6, 6.07) is 32.6. The Hall–Kier alpha value is -1.18. The van der Waals surface area contributed by atoms with Crippen LogP contribution in [0.25, 0.3) is 0 Å². The maximum absolute atomic E-state index is 2.68. The van der Waals surface area contributed by atoms with E-state index in [1.165, 1.54) is 15.9 Å². The predicted molar refractivity (Wildman–Crippen MR) is 99.2 cm³/mol. The topological polar surface area (TPSA) is 0 Å². The lowest BCUT2D eigenvalue weighted by molar-refractivity contribution is 1.73. The van der Waals surface area contributed by atoms with Crippen molar-refractivity contribution in [2.45, 2.75) is 0 Å². The standard InChI is InChI=1S/C18H15IP/c19-20(16-10-4-1-5-11-16,17-12-6-2-7-13-17)18-14-8-3-9-15-18/h1-15H/q+1. The van der Waals surface area contributed by atoms with Crippen molar-refractivity contribution in [2.75, 3.05) is 0 Å². The van der Waals surface area contributed by atoms with Crippen LogP contribution >= 0.6 is 26.9 Å². The van der Waals surface area contributed by atoms with Crippen molar-refractivity contribution < 1.29 is 0 Å². The first-order valence-electron chi connectivity index (χ1n) is 6.57. The van der Waals surface area contributed by atoms with Crippen LogP contribution in [0.1, 0.15) is 0 Å². The molecule has 20 heavy (non-hydrogen) atoms. The summed E-state index contributed by atoms with van der Waals surface area (Å²) in [7, 11) is 0. The molecule has 0 fully saturated rings. The molecule has 0 aromatic heterocycles.